The summed E-state index contributed by atoms with van der Waals surface area (Å²) in [5.41, 5.74) is 3.43. The standard InChI is InChI=1S/C21H26N2O3/c1-23(19-10-6-8-15-7-4-5-9-17(15)19)14-21(24)22-18-13-16(25-2)11-12-20(18)26-3/h4-5,7,9,11-13,19H,6,8,10,14H2,1-3H3,(H,22,24)/p+1/t19-/m0/s1. The summed E-state index contributed by atoms with van der Waals surface area (Å²) in [5.74, 6) is 1.28. The number of hydrogen-bond acceptors (Lipinski definition) is 3. The minimum absolute atomic E-state index is 0.0305. The van der Waals surface area contributed by atoms with E-state index in [-0.39, 0.29) is 5.91 Å². The molecule has 5 heteroatoms. The van der Waals surface area contributed by atoms with Crippen molar-refractivity contribution >= 4 is 11.6 Å². The lowest BCUT2D eigenvalue weighted by atomic mass is 9.87. The molecular formula is C21H27N2O3+. The molecule has 26 heavy (non-hydrogen) atoms. The molecule has 0 bridgehead atoms. The molecule has 2 N–H and O–H groups in total. The Labute approximate surface area is 154 Å². The van der Waals surface area contributed by atoms with Crippen molar-refractivity contribution in [1.82, 2.24) is 0 Å². The van der Waals surface area contributed by atoms with Crippen molar-refractivity contribution in [1.29, 1.82) is 0 Å². The number of ether oxygens (including phenoxy) is 2. The Kier molecular flexibility index (Phi) is 5.78. The first-order chi connectivity index (χ1) is 12.6. The number of hydrogen-bond donors (Lipinski definition) is 2. The van der Waals surface area contributed by atoms with Gasteiger partial charge in [0, 0.05) is 18.1 Å². The van der Waals surface area contributed by atoms with Crippen LogP contribution in [0.15, 0.2) is 42.5 Å². The Bertz CT molecular complexity index is 776. The molecule has 2 atom stereocenters. The van der Waals surface area contributed by atoms with Crippen LogP contribution in [0.2, 0.25) is 0 Å². The fourth-order valence-electron chi connectivity index (χ4n) is 3.75. The summed E-state index contributed by atoms with van der Waals surface area (Å²) in [6, 6.07) is 14.3. The Morgan fingerprint density at radius 2 is 2.00 bits per heavy atom. The van der Waals surface area contributed by atoms with Gasteiger partial charge in [0.25, 0.3) is 5.91 Å². The molecular weight excluding hydrogens is 328 g/mol. The third-order valence-electron chi connectivity index (χ3n) is 5.08. The molecule has 0 spiro atoms. The van der Waals surface area contributed by atoms with Crippen LogP contribution >= 0.6 is 0 Å². The Morgan fingerprint density at radius 3 is 2.77 bits per heavy atom. The minimum Gasteiger partial charge on any atom is -0.497 e. The highest BCUT2D eigenvalue weighted by Gasteiger charge is 2.28. The number of rotatable bonds is 6. The van der Waals surface area contributed by atoms with E-state index in [1.54, 1.807) is 26.4 Å². The summed E-state index contributed by atoms with van der Waals surface area (Å²) in [5, 5.41) is 2.97. The van der Waals surface area contributed by atoms with Crippen molar-refractivity contribution in [3.05, 3.63) is 53.6 Å². The molecule has 0 fully saturated rings. The monoisotopic (exact) mass is 355 g/mol. The van der Waals surface area contributed by atoms with Crippen LogP contribution in [0.25, 0.3) is 0 Å². The molecule has 1 amide bonds. The van der Waals surface area contributed by atoms with Gasteiger partial charge in [-0.2, -0.15) is 0 Å². The number of amides is 1. The van der Waals surface area contributed by atoms with Gasteiger partial charge in [-0.25, -0.2) is 0 Å². The quantitative estimate of drug-likeness (QED) is 0.836. The van der Waals surface area contributed by atoms with Crippen molar-refractivity contribution in [3.63, 3.8) is 0 Å². The third kappa shape index (κ3) is 3.99. The number of quaternary nitrogens is 1. The molecule has 1 unspecified atom stereocenters. The topological polar surface area (TPSA) is 52.0 Å². The fourth-order valence-corrected chi connectivity index (χ4v) is 3.75. The highest BCUT2D eigenvalue weighted by Crippen LogP contribution is 2.29. The summed E-state index contributed by atoms with van der Waals surface area (Å²) in [4.78, 5) is 13.8. The van der Waals surface area contributed by atoms with Gasteiger partial charge in [0.1, 0.15) is 17.5 Å². The zero-order valence-electron chi connectivity index (χ0n) is 15.7. The second kappa shape index (κ2) is 8.23. The number of likely N-dealkylation sites (N-methyl/N-ethyl adjacent to an activating group) is 1. The van der Waals surface area contributed by atoms with Gasteiger partial charge in [0.15, 0.2) is 6.54 Å². The van der Waals surface area contributed by atoms with Crippen LogP contribution in [-0.4, -0.2) is 33.7 Å². The molecule has 1 aliphatic carbocycles. The van der Waals surface area contributed by atoms with Crippen molar-refractivity contribution in [2.24, 2.45) is 0 Å². The number of fused-ring (bicyclic) bond motifs is 1. The van der Waals surface area contributed by atoms with Crippen LogP contribution in [-0.2, 0) is 11.2 Å². The molecule has 138 valence electrons. The maximum Gasteiger partial charge on any atom is 0.279 e. The number of methoxy groups -OCH3 is 2. The molecule has 0 aromatic heterocycles. The van der Waals surface area contributed by atoms with Crippen molar-refractivity contribution in [3.8, 4) is 11.5 Å². The molecule has 5 nitrogen and oxygen atoms in total. The Morgan fingerprint density at radius 1 is 1.19 bits per heavy atom. The number of carbonyl (C=O) groups is 1. The number of benzene rings is 2. The average Bonchev–Trinajstić information content (AvgIpc) is 2.67. The van der Waals surface area contributed by atoms with Crippen LogP contribution in [0.5, 0.6) is 11.5 Å². The SMILES string of the molecule is COc1ccc(OC)c(NC(=O)C[NH+](C)[C@H]2CCCc3ccccc32)c1. The van der Waals surface area contributed by atoms with Crippen molar-refractivity contribution < 1.29 is 19.2 Å². The number of nitrogens with one attached hydrogen (secondary N) is 2. The minimum atomic E-state index is -0.0305. The van der Waals surface area contributed by atoms with Crippen molar-refractivity contribution in [2.75, 3.05) is 33.1 Å². The predicted molar refractivity (Wildman–Crippen MR) is 102 cm³/mol. The summed E-state index contributed by atoms with van der Waals surface area (Å²) in [6.07, 6.45) is 3.41. The van der Waals surface area contributed by atoms with Crippen LogP contribution in [0, 0.1) is 0 Å². The van der Waals surface area contributed by atoms with Crippen molar-refractivity contribution in [2.45, 2.75) is 25.3 Å². The highest BCUT2D eigenvalue weighted by molar-refractivity contribution is 5.93. The first kappa shape index (κ1) is 18.3. The maximum absolute atomic E-state index is 12.6. The Hall–Kier alpha value is -2.53. The zero-order chi connectivity index (χ0) is 18.5. The van der Waals surface area contributed by atoms with E-state index < -0.39 is 0 Å². The predicted octanol–water partition coefficient (Wildman–Crippen LogP) is 2.23. The molecule has 1 aliphatic rings. The van der Waals surface area contributed by atoms with Gasteiger partial charge in [-0.3, -0.25) is 4.79 Å². The Balaban J connectivity index is 1.69. The first-order valence-electron chi connectivity index (χ1n) is 9.04. The molecule has 2 aromatic carbocycles. The molecule has 2 aromatic rings. The first-order valence-corrected chi connectivity index (χ1v) is 9.04. The van der Waals surface area contributed by atoms with Gasteiger partial charge >= 0.3 is 0 Å². The van der Waals surface area contributed by atoms with Gasteiger partial charge < -0.3 is 19.7 Å². The smallest absolute Gasteiger partial charge is 0.279 e. The van der Waals surface area contributed by atoms with Gasteiger partial charge in [0.05, 0.1) is 27.0 Å². The lowest BCUT2D eigenvalue weighted by Crippen LogP contribution is -3.10. The second-order valence-corrected chi connectivity index (χ2v) is 6.78. The van der Waals surface area contributed by atoms with E-state index in [9.17, 15) is 4.79 Å². The number of aryl methyl sites for hydroxylation is 1. The summed E-state index contributed by atoms with van der Waals surface area (Å²) in [6.45, 7) is 0.402. The molecule has 0 saturated carbocycles. The van der Waals surface area contributed by atoms with E-state index >= 15 is 0 Å². The molecule has 0 saturated heterocycles. The lowest BCUT2D eigenvalue weighted by Gasteiger charge is -2.30. The molecule has 3 rings (SSSR count). The van der Waals surface area contributed by atoms with E-state index in [0.29, 0.717) is 29.8 Å². The van der Waals surface area contributed by atoms with Crippen LogP contribution in [0.1, 0.15) is 30.0 Å². The third-order valence-corrected chi connectivity index (χ3v) is 5.08. The average molecular weight is 355 g/mol. The van der Waals surface area contributed by atoms with Crippen LogP contribution in [0.4, 0.5) is 5.69 Å². The molecule has 0 radical (unpaired) electrons. The van der Waals surface area contributed by atoms with E-state index in [0.717, 1.165) is 12.8 Å². The van der Waals surface area contributed by atoms with Gasteiger partial charge in [-0.05, 0) is 30.5 Å². The maximum atomic E-state index is 12.6. The normalized spacial score (nSPS) is 17.1. The van der Waals surface area contributed by atoms with Crippen LogP contribution < -0.4 is 19.7 Å². The number of anilines is 1. The number of carbonyl (C=O) groups excluding carboxylic acids is 1. The van der Waals surface area contributed by atoms with Gasteiger partial charge in [-0.1, -0.05) is 24.3 Å². The van der Waals surface area contributed by atoms with Gasteiger partial charge in [-0.15, -0.1) is 0 Å². The van der Waals surface area contributed by atoms with E-state index in [1.807, 2.05) is 6.07 Å². The van der Waals surface area contributed by atoms with Gasteiger partial charge in [0.2, 0.25) is 0 Å². The molecule has 0 aliphatic heterocycles. The molecule has 0 heterocycles. The summed E-state index contributed by atoms with van der Waals surface area (Å²) in [7, 11) is 5.29. The largest absolute Gasteiger partial charge is 0.497 e. The van der Waals surface area contributed by atoms with E-state index in [4.69, 9.17) is 9.47 Å². The summed E-state index contributed by atoms with van der Waals surface area (Å²) >= 11 is 0. The second-order valence-electron chi connectivity index (χ2n) is 6.78. The highest BCUT2D eigenvalue weighted by atomic mass is 16.5. The summed E-state index contributed by atoms with van der Waals surface area (Å²) < 4.78 is 10.6. The van der Waals surface area contributed by atoms with E-state index in [1.165, 1.54) is 22.4 Å². The zero-order valence-corrected chi connectivity index (χ0v) is 15.7. The fraction of sp³-hybridized carbons (Fsp3) is 0.381. The lowest BCUT2D eigenvalue weighted by molar-refractivity contribution is -0.905. The van der Waals surface area contributed by atoms with E-state index in [2.05, 4.69) is 36.6 Å². The van der Waals surface area contributed by atoms with Crippen LogP contribution in [0.3, 0.4) is 0 Å².